The molecule has 1 fully saturated rings. The van der Waals surface area contributed by atoms with E-state index in [-0.39, 0.29) is 17.4 Å². The molecule has 2 aliphatic carbocycles. The van der Waals surface area contributed by atoms with Gasteiger partial charge in [0.05, 0.1) is 34.8 Å². The number of hydrogen-bond donors (Lipinski definition) is 4. The molecule has 3 atom stereocenters. The Hall–Kier alpha value is -2.81. The van der Waals surface area contributed by atoms with Crippen LogP contribution in [0.3, 0.4) is 0 Å². The van der Waals surface area contributed by atoms with E-state index >= 15 is 0 Å². The van der Waals surface area contributed by atoms with Crippen molar-refractivity contribution in [2.24, 2.45) is 16.6 Å². The van der Waals surface area contributed by atoms with Gasteiger partial charge >= 0.3 is 6.18 Å². The Morgan fingerprint density at radius 2 is 2.10 bits per heavy atom. The van der Waals surface area contributed by atoms with Crippen molar-refractivity contribution in [3.8, 4) is 0 Å². The van der Waals surface area contributed by atoms with Crippen LogP contribution in [0, 0.1) is 11.3 Å². The molecule has 5 N–H and O–H groups in total. The number of ether oxygens (including phenoxy) is 1. The van der Waals surface area contributed by atoms with Crippen molar-refractivity contribution < 1.29 is 17.9 Å². The Morgan fingerprint density at radius 3 is 2.65 bits per heavy atom. The molecule has 0 radical (unpaired) electrons. The maximum absolute atomic E-state index is 13.0. The highest BCUT2D eigenvalue weighted by atomic mass is 19.4. The molecular weight excluding hydrogens is 407 g/mol. The van der Waals surface area contributed by atoms with Gasteiger partial charge in [0, 0.05) is 12.2 Å². The van der Waals surface area contributed by atoms with Crippen LogP contribution < -0.4 is 16.4 Å². The molecule has 9 heteroatoms. The summed E-state index contributed by atoms with van der Waals surface area (Å²) in [6.07, 6.45) is 0.142. The van der Waals surface area contributed by atoms with Crippen LogP contribution in [0.2, 0.25) is 0 Å². The lowest BCUT2D eigenvalue weighted by Gasteiger charge is -2.27. The van der Waals surface area contributed by atoms with Crippen LogP contribution in [0.4, 0.5) is 13.2 Å². The lowest BCUT2D eigenvalue weighted by atomic mass is 10.00. The molecule has 6 nitrogen and oxygen atoms in total. The van der Waals surface area contributed by atoms with Crippen molar-refractivity contribution in [3.05, 3.63) is 58.7 Å². The fraction of sp³-hybridized carbons (Fsp3) is 0.455. The zero-order valence-electron chi connectivity index (χ0n) is 17.9. The molecule has 0 spiro atoms. The van der Waals surface area contributed by atoms with Crippen LogP contribution in [0.5, 0.6) is 0 Å². The van der Waals surface area contributed by atoms with Crippen molar-refractivity contribution in [1.82, 2.24) is 10.6 Å². The molecule has 0 aromatic rings. The SMILES string of the molecule is C=C(NC(C)C1=CC(C(F)(F)F)=CC1=N)C1C(N=C(C)N)=CC(C)=C1O[C@H]1CCNC1. The van der Waals surface area contributed by atoms with Crippen LogP contribution in [-0.2, 0) is 4.74 Å². The molecule has 3 aliphatic rings. The second-order valence-corrected chi connectivity index (χ2v) is 8.04. The van der Waals surface area contributed by atoms with E-state index in [1.165, 1.54) is 0 Å². The number of aliphatic imine (C=N–C) groups is 1. The number of nitrogens with zero attached hydrogens (tertiary/aromatic N) is 1. The van der Waals surface area contributed by atoms with E-state index < -0.39 is 23.7 Å². The quantitative estimate of drug-likeness (QED) is 0.364. The maximum Gasteiger partial charge on any atom is 0.416 e. The fourth-order valence-corrected chi connectivity index (χ4v) is 3.93. The molecule has 0 bridgehead atoms. The van der Waals surface area contributed by atoms with E-state index in [9.17, 15) is 13.2 Å². The van der Waals surface area contributed by atoms with Crippen molar-refractivity contribution >= 4 is 11.5 Å². The molecular formula is C22H28F3N5O. The average molecular weight is 435 g/mol. The van der Waals surface area contributed by atoms with Crippen LogP contribution in [0.15, 0.2) is 63.7 Å². The monoisotopic (exact) mass is 435 g/mol. The Bertz CT molecular complexity index is 929. The van der Waals surface area contributed by atoms with Gasteiger partial charge in [-0.3, -0.25) is 0 Å². The lowest BCUT2D eigenvalue weighted by molar-refractivity contribution is -0.0879. The van der Waals surface area contributed by atoms with Crippen molar-refractivity contribution in [2.45, 2.75) is 45.5 Å². The summed E-state index contributed by atoms with van der Waals surface area (Å²) in [6, 6.07) is -0.560. The summed E-state index contributed by atoms with van der Waals surface area (Å²) < 4.78 is 45.3. The first-order valence-electron chi connectivity index (χ1n) is 10.1. The molecule has 1 heterocycles. The van der Waals surface area contributed by atoms with Gasteiger partial charge in [0.25, 0.3) is 0 Å². The van der Waals surface area contributed by atoms with Crippen LogP contribution in [-0.4, -0.2) is 43.0 Å². The largest absolute Gasteiger partial charge is 0.492 e. The third kappa shape index (κ3) is 5.10. The van der Waals surface area contributed by atoms with Gasteiger partial charge < -0.3 is 26.5 Å². The first kappa shape index (κ1) is 22.9. The molecule has 0 saturated carbocycles. The van der Waals surface area contributed by atoms with E-state index in [2.05, 4.69) is 22.2 Å². The minimum absolute atomic E-state index is 0.0256. The second-order valence-electron chi connectivity index (χ2n) is 8.04. The minimum atomic E-state index is -4.49. The van der Waals surface area contributed by atoms with Gasteiger partial charge in [-0.2, -0.15) is 13.2 Å². The highest BCUT2D eigenvalue weighted by Crippen LogP contribution is 2.39. The zero-order valence-corrected chi connectivity index (χ0v) is 17.9. The van der Waals surface area contributed by atoms with Crippen LogP contribution >= 0.6 is 0 Å². The number of nitrogens with one attached hydrogen (secondary N) is 3. The molecule has 1 aliphatic heterocycles. The van der Waals surface area contributed by atoms with Gasteiger partial charge in [-0.1, -0.05) is 6.58 Å². The predicted molar refractivity (Wildman–Crippen MR) is 116 cm³/mol. The summed E-state index contributed by atoms with van der Waals surface area (Å²) in [5.74, 6) is 0.670. The average Bonchev–Trinajstić information content (AvgIpc) is 3.35. The summed E-state index contributed by atoms with van der Waals surface area (Å²) in [5, 5.41) is 14.4. The summed E-state index contributed by atoms with van der Waals surface area (Å²) in [5.41, 5.74) is 7.14. The van der Waals surface area contributed by atoms with Gasteiger partial charge in [-0.05, 0) is 63.1 Å². The Morgan fingerprint density at radius 1 is 1.39 bits per heavy atom. The van der Waals surface area contributed by atoms with Crippen molar-refractivity contribution in [3.63, 3.8) is 0 Å². The Labute approximate surface area is 180 Å². The number of rotatable bonds is 7. The maximum atomic E-state index is 13.0. The van der Waals surface area contributed by atoms with Crippen LogP contribution in [0.25, 0.3) is 0 Å². The highest BCUT2D eigenvalue weighted by molar-refractivity contribution is 6.10. The number of halogens is 3. The number of alkyl halides is 3. The zero-order chi connectivity index (χ0) is 22.9. The Kier molecular flexibility index (Phi) is 6.45. The van der Waals surface area contributed by atoms with E-state index in [1.54, 1.807) is 13.8 Å². The van der Waals surface area contributed by atoms with E-state index in [0.29, 0.717) is 23.0 Å². The minimum Gasteiger partial charge on any atom is -0.492 e. The summed E-state index contributed by atoms with van der Waals surface area (Å²) in [7, 11) is 0. The van der Waals surface area contributed by atoms with Gasteiger partial charge in [0.2, 0.25) is 0 Å². The number of nitrogens with two attached hydrogens (primary N) is 1. The van der Waals surface area contributed by atoms with E-state index in [1.807, 2.05) is 13.0 Å². The third-order valence-electron chi connectivity index (χ3n) is 5.39. The van der Waals surface area contributed by atoms with Gasteiger partial charge in [-0.25, -0.2) is 4.99 Å². The molecule has 168 valence electrons. The third-order valence-corrected chi connectivity index (χ3v) is 5.39. The molecule has 1 saturated heterocycles. The van der Waals surface area contributed by atoms with Gasteiger partial charge in [0.1, 0.15) is 11.9 Å². The molecule has 3 rings (SSSR count). The summed E-state index contributed by atoms with van der Waals surface area (Å²) in [6.45, 7) is 11.1. The summed E-state index contributed by atoms with van der Waals surface area (Å²) >= 11 is 0. The predicted octanol–water partition coefficient (Wildman–Crippen LogP) is 3.47. The molecule has 31 heavy (non-hydrogen) atoms. The highest BCUT2D eigenvalue weighted by Gasteiger charge is 2.37. The summed E-state index contributed by atoms with van der Waals surface area (Å²) in [4.78, 5) is 4.42. The fourth-order valence-electron chi connectivity index (χ4n) is 3.93. The topological polar surface area (TPSA) is 95.5 Å². The molecule has 2 unspecified atom stereocenters. The number of allylic oxidation sites excluding steroid dienone is 5. The van der Waals surface area contributed by atoms with Crippen molar-refractivity contribution in [1.29, 1.82) is 5.41 Å². The first-order chi connectivity index (χ1) is 14.5. The Balaban J connectivity index is 1.80. The molecule has 0 aromatic heterocycles. The van der Waals surface area contributed by atoms with Crippen LogP contribution in [0.1, 0.15) is 27.2 Å². The molecule has 0 aromatic carbocycles. The van der Waals surface area contributed by atoms with E-state index in [4.69, 9.17) is 15.9 Å². The normalized spacial score (nSPS) is 25.4. The second kappa shape index (κ2) is 8.74. The lowest BCUT2D eigenvalue weighted by Crippen LogP contribution is -2.33. The van der Waals surface area contributed by atoms with E-state index in [0.717, 1.165) is 37.2 Å². The van der Waals surface area contributed by atoms with Crippen molar-refractivity contribution in [2.75, 3.05) is 13.1 Å². The van der Waals surface area contributed by atoms with Gasteiger partial charge in [0.15, 0.2) is 0 Å². The first-order valence-corrected chi connectivity index (χ1v) is 10.1. The van der Waals surface area contributed by atoms with Gasteiger partial charge in [-0.15, -0.1) is 0 Å². The molecule has 0 amide bonds. The number of amidine groups is 1. The smallest absolute Gasteiger partial charge is 0.416 e. The number of hydrogen-bond acceptors (Lipinski definition) is 5. The standard InChI is InChI=1S/C22H28F3N5O/c1-11-7-19(30-14(4)26)20(21(11)31-16-5-6-28-10-16)13(3)29-12(2)17-8-15(9-18(17)27)22(23,24)25/h7-9,12,16,20,27-29H,3,5-6,10H2,1-2,4H3,(H2,26,30)/t12?,16-,20?/m0/s1.